The van der Waals surface area contributed by atoms with Gasteiger partial charge in [-0.05, 0) is 35.0 Å². The van der Waals surface area contributed by atoms with Gasteiger partial charge in [-0.2, -0.15) is 9.78 Å². The van der Waals surface area contributed by atoms with Crippen molar-refractivity contribution in [2.45, 2.75) is 18.5 Å². The highest BCUT2D eigenvalue weighted by atomic mass is 32.2. The number of carbonyl (C=O) groups is 1. The molecule has 0 radical (unpaired) electrons. The Labute approximate surface area is 155 Å². The number of amides is 1. The Hall–Kier alpha value is -3.00. The lowest BCUT2D eigenvalue weighted by molar-refractivity contribution is -0.118. The minimum absolute atomic E-state index is 0.176. The van der Waals surface area contributed by atoms with E-state index in [9.17, 15) is 4.79 Å². The summed E-state index contributed by atoms with van der Waals surface area (Å²) in [5.74, 6) is -0.0278. The van der Waals surface area contributed by atoms with E-state index in [0.717, 1.165) is 17.0 Å². The van der Waals surface area contributed by atoms with Crippen LogP contribution in [0.25, 0.3) is 5.69 Å². The monoisotopic (exact) mass is 366 g/mol. The van der Waals surface area contributed by atoms with E-state index >= 15 is 0 Å². The molecule has 0 aliphatic heterocycles. The molecule has 132 valence electrons. The van der Waals surface area contributed by atoms with Crippen LogP contribution in [0.3, 0.4) is 0 Å². The highest BCUT2D eigenvalue weighted by molar-refractivity contribution is 7.99. The predicted molar refractivity (Wildman–Crippen MR) is 101 cm³/mol. The SMILES string of the molecule is C/C(Cc1ccccc1)=N\NC(=O)CSc1nnnn1-c1ccccc1. The molecule has 0 spiro atoms. The molecule has 0 fully saturated rings. The highest BCUT2D eigenvalue weighted by Crippen LogP contribution is 2.17. The number of benzene rings is 2. The molecule has 2 aromatic carbocycles. The summed E-state index contributed by atoms with van der Waals surface area (Å²) < 4.78 is 1.60. The molecule has 1 amide bonds. The van der Waals surface area contributed by atoms with Gasteiger partial charge in [0.1, 0.15) is 0 Å². The van der Waals surface area contributed by atoms with E-state index in [-0.39, 0.29) is 11.7 Å². The van der Waals surface area contributed by atoms with Crippen LogP contribution in [-0.2, 0) is 11.2 Å². The summed E-state index contributed by atoms with van der Waals surface area (Å²) in [7, 11) is 0. The molecule has 0 bridgehead atoms. The average molecular weight is 366 g/mol. The minimum atomic E-state index is -0.204. The van der Waals surface area contributed by atoms with Gasteiger partial charge in [0.25, 0.3) is 5.91 Å². The Bertz CT molecular complexity index is 879. The smallest absolute Gasteiger partial charge is 0.250 e. The number of hydrogen-bond acceptors (Lipinski definition) is 6. The molecule has 0 aliphatic carbocycles. The molecule has 26 heavy (non-hydrogen) atoms. The maximum atomic E-state index is 12.0. The lowest BCUT2D eigenvalue weighted by Gasteiger charge is -2.04. The quantitative estimate of drug-likeness (QED) is 0.394. The van der Waals surface area contributed by atoms with Gasteiger partial charge in [-0.25, -0.2) is 5.43 Å². The number of carbonyl (C=O) groups excluding carboxylic acids is 1. The van der Waals surface area contributed by atoms with Crippen LogP contribution in [0, 0.1) is 0 Å². The zero-order chi connectivity index (χ0) is 18.2. The fourth-order valence-electron chi connectivity index (χ4n) is 2.25. The molecule has 0 atom stereocenters. The van der Waals surface area contributed by atoms with Crippen molar-refractivity contribution >= 4 is 23.4 Å². The Morgan fingerprint density at radius 3 is 2.54 bits per heavy atom. The topological polar surface area (TPSA) is 85.1 Å². The van der Waals surface area contributed by atoms with E-state index in [0.29, 0.717) is 11.6 Å². The standard InChI is InChI=1S/C18H18N6OS/c1-14(12-15-8-4-2-5-9-15)19-20-17(25)13-26-18-21-22-23-24(18)16-10-6-3-7-11-16/h2-11H,12-13H2,1H3,(H,20,25)/b19-14+. The number of hydrazone groups is 1. The van der Waals surface area contributed by atoms with Crippen LogP contribution >= 0.6 is 11.8 Å². The molecule has 0 unspecified atom stereocenters. The summed E-state index contributed by atoms with van der Waals surface area (Å²) in [5, 5.41) is 16.3. The van der Waals surface area contributed by atoms with Gasteiger partial charge in [0.05, 0.1) is 11.4 Å². The second-order valence-corrected chi connectivity index (χ2v) is 6.48. The largest absolute Gasteiger partial charge is 0.272 e. The Kier molecular flexibility index (Phi) is 6.10. The fraction of sp³-hybridized carbons (Fsp3) is 0.167. The van der Waals surface area contributed by atoms with Crippen molar-refractivity contribution in [3.8, 4) is 5.69 Å². The van der Waals surface area contributed by atoms with Gasteiger partial charge in [-0.3, -0.25) is 4.79 Å². The first-order valence-electron chi connectivity index (χ1n) is 8.05. The van der Waals surface area contributed by atoms with Crippen molar-refractivity contribution < 1.29 is 4.79 Å². The van der Waals surface area contributed by atoms with Crippen LogP contribution in [0.2, 0.25) is 0 Å². The minimum Gasteiger partial charge on any atom is -0.272 e. The lowest BCUT2D eigenvalue weighted by atomic mass is 10.1. The third-order valence-electron chi connectivity index (χ3n) is 3.45. The van der Waals surface area contributed by atoms with E-state index in [1.54, 1.807) is 4.68 Å². The second kappa shape index (κ2) is 8.91. The zero-order valence-electron chi connectivity index (χ0n) is 14.2. The van der Waals surface area contributed by atoms with Crippen LogP contribution < -0.4 is 5.43 Å². The van der Waals surface area contributed by atoms with Crippen molar-refractivity contribution in [3.63, 3.8) is 0 Å². The maximum Gasteiger partial charge on any atom is 0.250 e. The number of thioether (sulfide) groups is 1. The van der Waals surface area contributed by atoms with E-state index in [4.69, 9.17) is 0 Å². The summed E-state index contributed by atoms with van der Waals surface area (Å²) in [6.07, 6.45) is 0.695. The summed E-state index contributed by atoms with van der Waals surface area (Å²) in [5.41, 5.74) is 5.41. The fourth-order valence-corrected chi connectivity index (χ4v) is 2.93. The lowest BCUT2D eigenvalue weighted by Crippen LogP contribution is -2.21. The predicted octanol–water partition coefficient (Wildman–Crippen LogP) is 2.49. The second-order valence-electron chi connectivity index (χ2n) is 5.54. The third-order valence-corrected chi connectivity index (χ3v) is 4.37. The van der Waals surface area contributed by atoms with Crippen molar-refractivity contribution in [2.24, 2.45) is 5.10 Å². The highest BCUT2D eigenvalue weighted by Gasteiger charge is 2.11. The number of nitrogens with zero attached hydrogens (tertiary/aromatic N) is 5. The van der Waals surface area contributed by atoms with E-state index < -0.39 is 0 Å². The van der Waals surface area contributed by atoms with Gasteiger partial charge in [0.15, 0.2) is 0 Å². The molecular weight excluding hydrogens is 348 g/mol. The number of aromatic nitrogens is 4. The van der Waals surface area contributed by atoms with Gasteiger partial charge in [-0.1, -0.05) is 60.3 Å². The number of nitrogens with one attached hydrogen (secondary N) is 1. The normalized spacial score (nSPS) is 11.3. The Morgan fingerprint density at radius 1 is 1.12 bits per heavy atom. The van der Waals surface area contributed by atoms with Gasteiger partial charge < -0.3 is 0 Å². The molecule has 1 aromatic heterocycles. The number of tetrazole rings is 1. The number of rotatable bonds is 7. The molecule has 0 saturated heterocycles. The summed E-state index contributed by atoms with van der Waals surface area (Å²) in [6, 6.07) is 19.5. The number of hydrogen-bond donors (Lipinski definition) is 1. The molecule has 0 aliphatic rings. The molecule has 0 saturated carbocycles. The summed E-state index contributed by atoms with van der Waals surface area (Å²) in [6.45, 7) is 1.89. The van der Waals surface area contributed by atoms with Crippen LogP contribution in [0.15, 0.2) is 70.9 Å². The first kappa shape index (κ1) is 17.8. The first-order chi connectivity index (χ1) is 12.7. The molecule has 7 nitrogen and oxygen atoms in total. The zero-order valence-corrected chi connectivity index (χ0v) is 15.1. The van der Waals surface area contributed by atoms with Crippen molar-refractivity contribution in [2.75, 3.05) is 5.75 Å². The molecule has 1 N–H and O–H groups in total. The average Bonchev–Trinajstić information content (AvgIpc) is 3.15. The van der Waals surface area contributed by atoms with Crippen molar-refractivity contribution in [1.82, 2.24) is 25.6 Å². The summed E-state index contributed by atoms with van der Waals surface area (Å²) >= 11 is 1.26. The number of para-hydroxylation sites is 1. The van der Waals surface area contributed by atoms with E-state index in [1.165, 1.54) is 11.8 Å². The van der Waals surface area contributed by atoms with Gasteiger partial charge >= 0.3 is 0 Å². The Balaban J connectivity index is 1.52. The van der Waals surface area contributed by atoms with Crippen LogP contribution in [0.1, 0.15) is 12.5 Å². The Morgan fingerprint density at radius 2 is 1.81 bits per heavy atom. The first-order valence-corrected chi connectivity index (χ1v) is 9.03. The van der Waals surface area contributed by atoms with Crippen LogP contribution in [-0.4, -0.2) is 37.6 Å². The summed E-state index contributed by atoms with van der Waals surface area (Å²) in [4.78, 5) is 12.0. The van der Waals surface area contributed by atoms with E-state index in [2.05, 4.69) is 26.1 Å². The van der Waals surface area contributed by atoms with Crippen LogP contribution in [0.4, 0.5) is 0 Å². The molecule has 8 heteroatoms. The van der Waals surface area contributed by atoms with E-state index in [1.807, 2.05) is 67.6 Å². The van der Waals surface area contributed by atoms with Crippen LogP contribution in [0.5, 0.6) is 0 Å². The molecule has 3 aromatic rings. The van der Waals surface area contributed by atoms with Gasteiger partial charge in [-0.15, -0.1) is 5.10 Å². The molecule has 1 heterocycles. The third kappa shape index (κ3) is 5.00. The maximum absolute atomic E-state index is 12.0. The molecule has 3 rings (SSSR count). The van der Waals surface area contributed by atoms with Crippen molar-refractivity contribution in [1.29, 1.82) is 0 Å². The van der Waals surface area contributed by atoms with Crippen molar-refractivity contribution in [3.05, 3.63) is 66.2 Å². The van der Waals surface area contributed by atoms with Gasteiger partial charge in [0.2, 0.25) is 5.16 Å². The van der Waals surface area contributed by atoms with Gasteiger partial charge in [0, 0.05) is 12.1 Å². The molecular formula is C18H18N6OS.